The molecule has 3 aromatic rings. The Bertz CT molecular complexity index is 1490. The van der Waals surface area contributed by atoms with Crippen LogP contribution < -0.4 is 5.49 Å². The smallest absolute Gasteiger partial charge is 0.358 e. The standard InChI is InChI=1S/C16H23N9O2.H2O7S2/c1-5-23(6-2)7-8-24-10-19-15-12(14(24)17)13(20-22(15)4)16-18-9-11(21(16)3)25(26)27;1-8(2,3)7-9(4,5)6/h9-10,17H,5-8H2,1-4H3;(H,1,2,3)(H,4,5,6). The Morgan fingerprint density at radius 3 is 2.17 bits per heavy atom. The largest absolute Gasteiger partial charge is 0.413 e. The highest BCUT2D eigenvalue weighted by Crippen LogP contribution is 2.25. The molecule has 3 N–H and O–H groups in total. The number of aromatic nitrogens is 6. The summed E-state index contributed by atoms with van der Waals surface area (Å²) in [7, 11) is -6.94. The third-order valence-corrected chi connectivity index (χ3v) is 6.32. The van der Waals surface area contributed by atoms with E-state index in [1.807, 2.05) is 0 Å². The summed E-state index contributed by atoms with van der Waals surface area (Å²) in [6.45, 7) is 7.51. The van der Waals surface area contributed by atoms with Gasteiger partial charge in [-0.3, -0.25) is 14.5 Å². The predicted molar refractivity (Wildman–Crippen MR) is 123 cm³/mol. The fraction of sp³-hybridized carbons (Fsp3) is 0.500. The molecule has 0 saturated heterocycles. The van der Waals surface area contributed by atoms with Crippen LogP contribution in [-0.4, -0.2) is 84.3 Å². The van der Waals surface area contributed by atoms with Gasteiger partial charge in [-0.15, -0.1) is 3.63 Å². The number of hydrogen-bond donors (Lipinski definition) is 3. The van der Waals surface area contributed by atoms with Gasteiger partial charge in [0.25, 0.3) is 0 Å². The molecule has 0 atom stereocenters. The number of aryl methyl sites for hydroxylation is 1. The second kappa shape index (κ2) is 11.2. The summed E-state index contributed by atoms with van der Waals surface area (Å²) in [6, 6.07) is 0. The Labute approximate surface area is 205 Å². The average molecular weight is 552 g/mol. The second-order valence-electron chi connectivity index (χ2n) is 7.16. The summed E-state index contributed by atoms with van der Waals surface area (Å²) in [4.78, 5) is 21.5. The number of rotatable bonds is 9. The van der Waals surface area contributed by atoms with Gasteiger partial charge in [-0.1, -0.05) is 13.8 Å². The summed E-state index contributed by atoms with van der Waals surface area (Å²) in [5.74, 6) is 0.206. The minimum Gasteiger partial charge on any atom is -0.358 e. The van der Waals surface area contributed by atoms with E-state index >= 15 is 0 Å². The van der Waals surface area contributed by atoms with E-state index in [0.717, 1.165) is 19.6 Å². The van der Waals surface area contributed by atoms with Crippen LogP contribution in [0.1, 0.15) is 13.8 Å². The van der Waals surface area contributed by atoms with E-state index < -0.39 is 25.7 Å². The predicted octanol–water partition coefficient (Wildman–Crippen LogP) is -0.492. The quantitative estimate of drug-likeness (QED) is 0.173. The molecule has 0 aliphatic heterocycles. The monoisotopic (exact) mass is 551 g/mol. The highest BCUT2D eigenvalue weighted by Gasteiger charge is 2.25. The molecule has 0 radical (unpaired) electrons. The van der Waals surface area contributed by atoms with Crippen molar-refractivity contribution < 1.29 is 34.5 Å². The van der Waals surface area contributed by atoms with Gasteiger partial charge in [-0.25, -0.2) is 19.2 Å². The van der Waals surface area contributed by atoms with Gasteiger partial charge in [0.2, 0.25) is 5.82 Å². The van der Waals surface area contributed by atoms with Gasteiger partial charge >= 0.3 is 26.6 Å². The van der Waals surface area contributed by atoms with Crippen molar-refractivity contribution in [3.05, 3.63) is 28.1 Å². The molecule has 0 fully saturated rings. The Balaban J connectivity index is 0.000000434. The van der Waals surface area contributed by atoms with E-state index in [2.05, 4.69) is 37.4 Å². The van der Waals surface area contributed by atoms with E-state index in [1.165, 1.54) is 10.8 Å². The fourth-order valence-electron chi connectivity index (χ4n) is 3.22. The van der Waals surface area contributed by atoms with Crippen molar-refractivity contribution in [2.24, 2.45) is 14.1 Å². The average Bonchev–Trinajstić information content (AvgIpc) is 3.28. The van der Waals surface area contributed by atoms with Gasteiger partial charge in [0.1, 0.15) is 11.7 Å². The van der Waals surface area contributed by atoms with Crippen LogP contribution in [-0.2, 0) is 45.1 Å². The van der Waals surface area contributed by atoms with Gasteiger partial charge in [0.15, 0.2) is 11.3 Å². The highest BCUT2D eigenvalue weighted by molar-refractivity contribution is 7.94. The van der Waals surface area contributed by atoms with Crippen LogP contribution in [0.4, 0.5) is 5.82 Å². The molecule has 0 spiro atoms. The lowest BCUT2D eigenvalue weighted by Crippen LogP contribution is -2.31. The molecule has 3 heterocycles. The lowest BCUT2D eigenvalue weighted by molar-refractivity contribution is -0.391. The zero-order valence-electron chi connectivity index (χ0n) is 19.6. The molecule has 3 aromatic heterocycles. The van der Waals surface area contributed by atoms with Crippen molar-refractivity contribution in [2.75, 3.05) is 19.6 Å². The van der Waals surface area contributed by atoms with E-state index in [0.29, 0.717) is 29.1 Å². The van der Waals surface area contributed by atoms with Crippen LogP contribution in [0.25, 0.3) is 22.6 Å². The van der Waals surface area contributed by atoms with Crippen molar-refractivity contribution in [3.8, 4) is 11.5 Å². The van der Waals surface area contributed by atoms with Crippen LogP contribution in [0.15, 0.2) is 12.5 Å². The molecule has 0 aliphatic rings. The molecule has 0 bridgehead atoms. The first-order valence-corrected chi connectivity index (χ1v) is 12.8. The number of hydrogen-bond acceptors (Lipinski definition) is 12. The SMILES string of the molecule is CCN(CC)CCn1cnc2c(c(-c3ncc([N+](=O)[O-])n3C)nn2C)c1=N.O=S(=O)(O)OS(=O)(=O)O. The lowest BCUT2D eigenvalue weighted by Gasteiger charge is -2.18. The van der Waals surface area contributed by atoms with Crippen LogP contribution in [0.3, 0.4) is 0 Å². The maximum Gasteiger partial charge on any atom is 0.413 e. The van der Waals surface area contributed by atoms with Crippen molar-refractivity contribution in [2.45, 2.75) is 20.4 Å². The summed E-state index contributed by atoms with van der Waals surface area (Å²) in [6.07, 6.45) is 2.84. The highest BCUT2D eigenvalue weighted by atomic mass is 32.3. The van der Waals surface area contributed by atoms with Crippen molar-refractivity contribution in [1.29, 1.82) is 5.41 Å². The Morgan fingerprint density at radius 2 is 1.72 bits per heavy atom. The summed E-state index contributed by atoms with van der Waals surface area (Å²) >= 11 is 0. The van der Waals surface area contributed by atoms with Crippen molar-refractivity contribution in [3.63, 3.8) is 0 Å². The first kappa shape index (κ1) is 28.9. The van der Waals surface area contributed by atoms with Gasteiger partial charge in [0, 0.05) is 20.1 Å². The zero-order valence-corrected chi connectivity index (χ0v) is 21.3. The Morgan fingerprint density at radius 1 is 1.14 bits per heavy atom. The number of likely N-dealkylation sites (N-methyl/N-ethyl adjacent to an activating group) is 1. The fourth-order valence-corrected chi connectivity index (χ4v) is 4.09. The molecule has 20 heteroatoms. The molecular weight excluding hydrogens is 526 g/mol. The number of fused-ring (bicyclic) bond motifs is 1. The normalized spacial score (nSPS) is 12.1. The van der Waals surface area contributed by atoms with E-state index in [4.69, 9.17) is 14.5 Å². The lowest BCUT2D eigenvalue weighted by atomic mass is 10.2. The van der Waals surface area contributed by atoms with Gasteiger partial charge in [0.05, 0.1) is 18.8 Å². The maximum atomic E-state index is 11.1. The summed E-state index contributed by atoms with van der Waals surface area (Å²) < 4.78 is 60.3. The number of nitrogens with zero attached hydrogens (tertiary/aromatic N) is 8. The molecule has 3 rings (SSSR count). The summed E-state index contributed by atoms with van der Waals surface area (Å²) in [5.41, 5.74) is 1.22. The Hall–Kier alpha value is -3.30. The van der Waals surface area contributed by atoms with Gasteiger partial charge in [-0.05, 0) is 18.0 Å². The van der Waals surface area contributed by atoms with E-state index in [-0.39, 0.29) is 11.3 Å². The molecule has 36 heavy (non-hydrogen) atoms. The number of nitro groups is 1. The van der Waals surface area contributed by atoms with Gasteiger partial charge < -0.3 is 19.6 Å². The molecule has 0 amide bonds. The number of nitrogens with one attached hydrogen (secondary N) is 1. The van der Waals surface area contributed by atoms with Crippen LogP contribution in [0.2, 0.25) is 0 Å². The number of imidazole rings is 1. The molecule has 18 nitrogen and oxygen atoms in total. The summed E-state index contributed by atoms with van der Waals surface area (Å²) in [5, 5.41) is 24.7. The van der Waals surface area contributed by atoms with E-state index in [1.54, 1.807) is 29.7 Å². The molecular formula is C16H25N9O9S2. The maximum absolute atomic E-state index is 11.1. The van der Waals surface area contributed by atoms with Crippen molar-refractivity contribution >= 4 is 37.6 Å². The minimum absolute atomic E-state index is 0.131. The molecule has 200 valence electrons. The molecule has 0 aromatic carbocycles. The van der Waals surface area contributed by atoms with Crippen molar-refractivity contribution in [1.82, 2.24) is 33.8 Å². The Kier molecular flexibility index (Phi) is 8.98. The molecule has 0 unspecified atom stereocenters. The second-order valence-corrected chi connectivity index (χ2v) is 9.42. The molecule has 0 aliphatic carbocycles. The van der Waals surface area contributed by atoms with Crippen LogP contribution in [0.5, 0.6) is 0 Å². The van der Waals surface area contributed by atoms with Gasteiger partial charge in [-0.2, -0.15) is 21.9 Å². The first-order valence-electron chi connectivity index (χ1n) is 10.1. The third kappa shape index (κ3) is 7.11. The zero-order chi connectivity index (χ0) is 27.4. The first-order chi connectivity index (χ1) is 16.6. The van der Waals surface area contributed by atoms with E-state index in [9.17, 15) is 26.9 Å². The van der Waals surface area contributed by atoms with Crippen LogP contribution in [0, 0.1) is 15.5 Å². The van der Waals surface area contributed by atoms with Crippen LogP contribution >= 0.6 is 0 Å². The topological polar surface area (TPSA) is 242 Å². The molecule has 0 saturated carbocycles. The third-order valence-electron chi connectivity index (χ3n) is 4.95. The minimum atomic E-state index is -5.12.